The number of aromatic amines is 1. The Kier molecular flexibility index (Phi) is 7.86. The molecule has 4 heterocycles. The van der Waals surface area contributed by atoms with E-state index in [1.54, 1.807) is 18.7 Å². The van der Waals surface area contributed by atoms with Crippen LogP contribution >= 0.6 is 0 Å². The molecule has 1 aliphatic heterocycles. The van der Waals surface area contributed by atoms with Gasteiger partial charge in [-0.2, -0.15) is 0 Å². The fourth-order valence-electron chi connectivity index (χ4n) is 5.59. The zero-order valence-corrected chi connectivity index (χ0v) is 23.2. The summed E-state index contributed by atoms with van der Waals surface area (Å²) >= 11 is 0. The number of urea groups is 1. The molecule has 6 rings (SSSR count). The van der Waals surface area contributed by atoms with Gasteiger partial charge in [-0.1, -0.05) is 72.0 Å². The van der Waals surface area contributed by atoms with Crippen molar-refractivity contribution in [3.63, 3.8) is 0 Å². The summed E-state index contributed by atoms with van der Waals surface area (Å²) in [5.41, 5.74) is 4.39. The number of imidazole rings is 1. The fourth-order valence-corrected chi connectivity index (χ4v) is 5.59. The molecule has 0 saturated carbocycles. The number of fused-ring (bicyclic) bond motifs is 1. The number of nitrogens with one attached hydrogen (secondary N) is 3. The molecule has 1 fully saturated rings. The molecule has 0 bridgehead atoms. The van der Waals surface area contributed by atoms with Gasteiger partial charge in [0.05, 0.1) is 37.5 Å². The van der Waals surface area contributed by atoms with Crippen LogP contribution in [0.1, 0.15) is 28.9 Å². The van der Waals surface area contributed by atoms with Crippen molar-refractivity contribution < 1.29 is 4.79 Å². The van der Waals surface area contributed by atoms with Gasteiger partial charge in [0.2, 0.25) is 0 Å². The van der Waals surface area contributed by atoms with Crippen molar-refractivity contribution in [1.82, 2.24) is 49.6 Å². The van der Waals surface area contributed by atoms with Crippen LogP contribution in [0.3, 0.4) is 0 Å². The van der Waals surface area contributed by atoms with E-state index in [9.17, 15) is 4.79 Å². The first-order valence-corrected chi connectivity index (χ1v) is 13.9. The lowest BCUT2D eigenvalue weighted by molar-refractivity contribution is 0.0877. The molecule has 1 saturated heterocycles. The van der Waals surface area contributed by atoms with Crippen LogP contribution in [0.25, 0.3) is 11.2 Å². The molecular weight excluding hydrogens is 530 g/mol. The SMILES string of the molecule is C=CCNC(=O)N1CCN([C@H](c2ccccc2)[C@H](c2ccccc2)n2cc(Cn3cnc(=N)c4[nH]cnc43)nn2)CC1. The number of carbonyl (C=O) groups excluding carboxylic acids is 1. The Balaban J connectivity index is 1.34. The number of rotatable bonds is 9. The molecule has 12 nitrogen and oxygen atoms in total. The quantitative estimate of drug-likeness (QED) is 0.236. The summed E-state index contributed by atoms with van der Waals surface area (Å²) in [5, 5.41) is 20.1. The maximum absolute atomic E-state index is 12.6. The molecule has 2 atom stereocenters. The molecule has 2 amide bonds. The topological polar surface area (TPSA) is 137 Å². The van der Waals surface area contributed by atoms with Crippen LogP contribution in [-0.4, -0.2) is 83.1 Å². The van der Waals surface area contributed by atoms with Crippen molar-refractivity contribution in [2.24, 2.45) is 0 Å². The highest BCUT2D eigenvalue weighted by atomic mass is 16.2. The molecule has 12 heteroatoms. The summed E-state index contributed by atoms with van der Waals surface area (Å²) in [4.78, 5) is 28.5. The second-order valence-electron chi connectivity index (χ2n) is 10.2. The lowest BCUT2D eigenvalue weighted by atomic mass is 9.91. The Labute approximate surface area is 242 Å². The molecular formula is C30H33N11O. The molecule has 0 aliphatic carbocycles. The van der Waals surface area contributed by atoms with Gasteiger partial charge < -0.3 is 19.8 Å². The van der Waals surface area contributed by atoms with E-state index >= 15 is 0 Å². The van der Waals surface area contributed by atoms with Gasteiger partial charge in [-0.3, -0.25) is 10.3 Å². The smallest absolute Gasteiger partial charge is 0.317 e. The summed E-state index contributed by atoms with van der Waals surface area (Å²) < 4.78 is 3.81. The number of aromatic nitrogens is 7. The summed E-state index contributed by atoms with van der Waals surface area (Å²) in [7, 11) is 0. The van der Waals surface area contributed by atoms with E-state index in [1.165, 1.54) is 0 Å². The van der Waals surface area contributed by atoms with Gasteiger partial charge in [-0.25, -0.2) is 19.4 Å². The van der Waals surface area contributed by atoms with Gasteiger partial charge >= 0.3 is 6.03 Å². The van der Waals surface area contributed by atoms with Gasteiger partial charge in [0.15, 0.2) is 11.1 Å². The number of hydrogen-bond donors (Lipinski definition) is 3. The number of piperazine rings is 1. The number of amides is 2. The first-order valence-electron chi connectivity index (χ1n) is 13.9. The minimum Gasteiger partial charge on any atom is -0.340 e. The molecule has 42 heavy (non-hydrogen) atoms. The molecule has 0 spiro atoms. The van der Waals surface area contributed by atoms with Crippen molar-refractivity contribution in [1.29, 1.82) is 5.41 Å². The highest BCUT2D eigenvalue weighted by Crippen LogP contribution is 2.37. The third-order valence-corrected chi connectivity index (χ3v) is 7.60. The number of carbonyl (C=O) groups is 1. The Morgan fingerprint density at radius 3 is 2.38 bits per heavy atom. The van der Waals surface area contributed by atoms with Crippen molar-refractivity contribution in [3.8, 4) is 0 Å². The minimum atomic E-state index is -0.180. The highest BCUT2D eigenvalue weighted by molar-refractivity contribution is 5.74. The van der Waals surface area contributed by atoms with Gasteiger partial charge in [0.1, 0.15) is 11.2 Å². The van der Waals surface area contributed by atoms with E-state index in [0.29, 0.717) is 50.4 Å². The number of nitrogens with zero attached hydrogens (tertiary/aromatic N) is 8. The summed E-state index contributed by atoms with van der Waals surface area (Å²) in [6.07, 6.45) is 6.84. The van der Waals surface area contributed by atoms with E-state index in [4.69, 9.17) is 5.41 Å². The van der Waals surface area contributed by atoms with Gasteiger partial charge in [0, 0.05) is 32.7 Å². The zero-order valence-electron chi connectivity index (χ0n) is 23.2. The Hall–Kier alpha value is -5.10. The molecule has 0 unspecified atom stereocenters. The van der Waals surface area contributed by atoms with Crippen LogP contribution in [0.15, 0.2) is 92.2 Å². The van der Waals surface area contributed by atoms with E-state index in [0.717, 1.165) is 16.8 Å². The summed E-state index contributed by atoms with van der Waals surface area (Å²) in [5.74, 6) is 0. The van der Waals surface area contributed by atoms with Crippen molar-refractivity contribution >= 4 is 17.2 Å². The molecule has 1 aliphatic rings. The van der Waals surface area contributed by atoms with Crippen LogP contribution in [0.2, 0.25) is 0 Å². The van der Waals surface area contributed by atoms with Crippen molar-refractivity contribution in [2.75, 3.05) is 32.7 Å². The fraction of sp³-hybridized carbons (Fsp3) is 0.267. The first kappa shape index (κ1) is 27.1. The zero-order chi connectivity index (χ0) is 28.9. The average molecular weight is 564 g/mol. The predicted molar refractivity (Wildman–Crippen MR) is 157 cm³/mol. The maximum Gasteiger partial charge on any atom is 0.317 e. The van der Waals surface area contributed by atoms with E-state index in [-0.39, 0.29) is 23.6 Å². The predicted octanol–water partition coefficient (Wildman–Crippen LogP) is 2.72. The van der Waals surface area contributed by atoms with Gasteiger partial charge in [-0.05, 0) is 11.1 Å². The Morgan fingerprint density at radius 2 is 1.69 bits per heavy atom. The third-order valence-electron chi connectivity index (χ3n) is 7.60. The monoisotopic (exact) mass is 563 g/mol. The normalized spacial score (nSPS) is 15.4. The third kappa shape index (κ3) is 5.56. The number of H-pyrrole nitrogens is 1. The summed E-state index contributed by atoms with van der Waals surface area (Å²) in [6.45, 7) is 7.21. The van der Waals surface area contributed by atoms with Gasteiger partial charge in [0.25, 0.3) is 0 Å². The summed E-state index contributed by atoms with van der Waals surface area (Å²) in [6, 6.07) is 20.5. The van der Waals surface area contributed by atoms with Crippen LogP contribution in [0, 0.1) is 5.41 Å². The minimum absolute atomic E-state index is 0.0588. The lowest BCUT2D eigenvalue weighted by Gasteiger charge is -2.42. The standard InChI is InChI=1S/C30H33N11O/c1-2-13-32-30(42)39-16-14-38(15-17-39)26(22-9-5-3-6-10-22)27(23-11-7-4-8-12-23)41-19-24(36-37-41)18-40-21-35-28(31)25-29(40)34-20-33-25/h2-12,19-21,26-27,31H,1,13-18H2,(H,32,42)(H,33,34)/t26-,27+/m1/s1. The lowest BCUT2D eigenvalue weighted by Crippen LogP contribution is -2.53. The molecule has 5 aromatic rings. The largest absolute Gasteiger partial charge is 0.340 e. The second-order valence-corrected chi connectivity index (χ2v) is 10.2. The Bertz CT molecular complexity index is 1700. The van der Waals surface area contributed by atoms with E-state index in [1.807, 2.05) is 44.6 Å². The van der Waals surface area contributed by atoms with Crippen LogP contribution in [-0.2, 0) is 6.54 Å². The van der Waals surface area contributed by atoms with Crippen LogP contribution < -0.4 is 10.8 Å². The molecule has 0 radical (unpaired) electrons. The van der Waals surface area contributed by atoms with Crippen molar-refractivity contribution in [3.05, 3.63) is 114 Å². The number of hydrogen-bond acceptors (Lipinski definition) is 7. The Morgan fingerprint density at radius 1 is 1.00 bits per heavy atom. The van der Waals surface area contributed by atoms with Crippen LogP contribution in [0.4, 0.5) is 4.79 Å². The molecule has 3 N–H and O–H groups in total. The van der Waals surface area contributed by atoms with Crippen LogP contribution in [0.5, 0.6) is 0 Å². The molecule has 2 aromatic carbocycles. The first-order chi connectivity index (χ1) is 20.6. The van der Waals surface area contributed by atoms with E-state index < -0.39 is 0 Å². The molecule has 214 valence electrons. The second kappa shape index (κ2) is 12.2. The average Bonchev–Trinajstić information content (AvgIpc) is 3.72. The maximum atomic E-state index is 12.6. The van der Waals surface area contributed by atoms with Crippen molar-refractivity contribution in [2.45, 2.75) is 18.6 Å². The number of benzene rings is 2. The van der Waals surface area contributed by atoms with E-state index in [2.05, 4.69) is 78.5 Å². The van der Waals surface area contributed by atoms with Gasteiger partial charge in [-0.15, -0.1) is 11.7 Å². The molecule has 3 aromatic heterocycles. The highest BCUT2D eigenvalue weighted by Gasteiger charge is 2.35.